The molecule has 11 nitrogen and oxygen atoms in total. The van der Waals surface area contributed by atoms with Crippen LogP contribution in [-0.2, 0) is 43.2 Å². The number of aromatic nitrogens is 1. The Labute approximate surface area is 233 Å². The van der Waals surface area contributed by atoms with Crippen molar-refractivity contribution in [2.45, 2.75) is 16.3 Å². The molecule has 0 unspecified atom stereocenters. The number of esters is 1. The lowest BCUT2D eigenvalue weighted by Crippen LogP contribution is -2.35. The van der Waals surface area contributed by atoms with Gasteiger partial charge in [-0.25, -0.2) is 16.8 Å². The van der Waals surface area contributed by atoms with E-state index in [1.54, 1.807) is 36.0 Å². The van der Waals surface area contributed by atoms with Crippen molar-refractivity contribution in [1.29, 1.82) is 0 Å². The van der Waals surface area contributed by atoms with E-state index < -0.39 is 32.6 Å². The smallest absolute Gasteiger partial charge is 0.321 e. The lowest BCUT2D eigenvalue weighted by Gasteiger charge is -2.21. The zero-order chi connectivity index (χ0) is 29.1. The molecule has 0 radical (unpaired) electrons. The van der Waals surface area contributed by atoms with Gasteiger partial charge in [-0.3, -0.25) is 9.52 Å². The van der Waals surface area contributed by atoms with E-state index in [-0.39, 0.29) is 22.0 Å². The molecule has 0 saturated heterocycles. The Morgan fingerprint density at radius 3 is 1.98 bits per heavy atom. The molecule has 3 aromatic carbocycles. The minimum Gasteiger partial charge on any atom is -0.497 e. The van der Waals surface area contributed by atoms with Crippen molar-refractivity contribution in [2.75, 3.05) is 32.6 Å². The number of ether oxygens (including phenoxy) is 3. The van der Waals surface area contributed by atoms with Crippen LogP contribution in [0.4, 0.5) is 5.69 Å². The minimum absolute atomic E-state index is 0.0252. The second-order valence-corrected chi connectivity index (χ2v) is 12.4. The molecule has 1 heterocycles. The molecule has 40 heavy (non-hydrogen) atoms. The van der Waals surface area contributed by atoms with Crippen molar-refractivity contribution in [3.63, 3.8) is 0 Å². The first-order chi connectivity index (χ1) is 19.0. The molecule has 1 aromatic heterocycles. The molecule has 0 bridgehead atoms. The van der Waals surface area contributed by atoms with Gasteiger partial charge in [0, 0.05) is 25.2 Å². The van der Waals surface area contributed by atoms with Gasteiger partial charge in [-0.2, -0.15) is 4.31 Å². The molecule has 0 aliphatic heterocycles. The van der Waals surface area contributed by atoms with Gasteiger partial charge in [0.05, 0.1) is 42.3 Å². The summed E-state index contributed by atoms with van der Waals surface area (Å²) in [5.41, 5.74) is 1.39. The average Bonchev–Trinajstić information content (AvgIpc) is 3.28. The molecule has 0 amide bonds. The number of nitrogens with zero attached hydrogens (tertiary/aromatic N) is 2. The highest BCUT2D eigenvalue weighted by atomic mass is 32.2. The standard InChI is InChI=1S/C27H29N3O8S2/c1-29-16-19(17-30(18-26(31)38-4)40(34,35)23-14-10-21(37-3)11-15-23)27-24(6-5-7-25(27)29)28-39(32,33)22-12-8-20(36-2)9-13-22/h5-16,28H,17-18H2,1-4H3. The van der Waals surface area contributed by atoms with Crippen LogP contribution in [0.3, 0.4) is 0 Å². The summed E-state index contributed by atoms with van der Waals surface area (Å²) in [5.74, 6) is 0.231. The summed E-state index contributed by atoms with van der Waals surface area (Å²) in [6.45, 7) is -0.789. The number of hydrogen-bond acceptors (Lipinski definition) is 8. The highest BCUT2D eigenvalue weighted by Gasteiger charge is 2.29. The minimum atomic E-state index is -4.17. The van der Waals surface area contributed by atoms with Gasteiger partial charge in [-0.1, -0.05) is 6.07 Å². The molecule has 0 fully saturated rings. The first kappa shape index (κ1) is 28.9. The van der Waals surface area contributed by atoms with Crippen LogP contribution in [0.5, 0.6) is 11.5 Å². The van der Waals surface area contributed by atoms with Crippen molar-refractivity contribution in [3.05, 3.63) is 78.5 Å². The Balaban J connectivity index is 1.77. The van der Waals surface area contributed by atoms with Crippen LogP contribution in [0.2, 0.25) is 0 Å². The fourth-order valence-electron chi connectivity index (χ4n) is 4.22. The molecule has 0 spiro atoms. The Morgan fingerprint density at radius 1 is 0.850 bits per heavy atom. The lowest BCUT2D eigenvalue weighted by molar-refractivity contribution is -0.140. The number of carbonyl (C=O) groups excluding carboxylic acids is 1. The van der Waals surface area contributed by atoms with Crippen LogP contribution in [0.15, 0.2) is 82.7 Å². The number of methoxy groups -OCH3 is 3. The van der Waals surface area contributed by atoms with Crippen LogP contribution in [-0.4, -0.2) is 59.6 Å². The number of benzene rings is 3. The normalized spacial score (nSPS) is 11.9. The number of carbonyl (C=O) groups is 1. The molecule has 4 rings (SSSR count). The summed E-state index contributed by atoms with van der Waals surface area (Å²) < 4.78 is 74.1. The third kappa shape index (κ3) is 5.91. The molecule has 0 atom stereocenters. The zero-order valence-electron chi connectivity index (χ0n) is 22.3. The Kier molecular flexibility index (Phi) is 8.37. The molecule has 4 aromatic rings. The van der Waals surface area contributed by atoms with E-state index in [9.17, 15) is 21.6 Å². The van der Waals surface area contributed by atoms with Crippen molar-refractivity contribution >= 4 is 42.6 Å². The van der Waals surface area contributed by atoms with Crippen molar-refractivity contribution in [1.82, 2.24) is 8.87 Å². The first-order valence-electron chi connectivity index (χ1n) is 11.9. The second-order valence-electron chi connectivity index (χ2n) is 8.77. The molecular weight excluding hydrogens is 558 g/mol. The van der Waals surface area contributed by atoms with Gasteiger partial charge in [0.25, 0.3) is 10.0 Å². The molecule has 0 aliphatic rings. The molecule has 1 N–H and O–H groups in total. The van der Waals surface area contributed by atoms with Crippen LogP contribution in [0.1, 0.15) is 5.56 Å². The van der Waals surface area contributed by atoms with E-state index in [1.807, 2.05) is 0 Å². The maximum atomic E-state index is 13.6. The van der Waals surface area contributed by atoms with Gasteiger partial charge in [0.2, 0.25) is 10.0 Å². The lowest BCUT2D eigenvalue weighted by atomic mass is 10.1. The summed E-state index contributed by atoms with van der Waals surface area (Å²) in [4.78, 5) is 12.2. The van der Waals surface area contributed by atoms with Gasteiger partial charge < -0.3 is 18.8 Å². The van der Waals surface area contributed by atoms with Gasteiger partial charge in [-0.15, -0.1) is 0 Å². The summed E-state index contributed by atoms with van der Waals surface area (Å²) in [6.07, 6.45) is 1.70. The third-order valence-corrected chi connectivity index (χ3v) is 9.47. The fraction of sp³-hybridized carbons (Fsp3) is 0.222. The predicted molar refractivity (Wildman–Crippen MR) is 149 cm³/mol. The molecule has 0 saturated carbocycles. The predicted octanol–water partition coefficient (Wildman–Crippen LogP) is 3.36. The average molecular weight is 588 g/mol. The Hall–Kier alpha value is -4.07. The van der Waals surface area contributed by atoms with Crippen LogP contribution in [0, 0.1) is 0 Å². The highest BCUT2D eigenvalue weighted by Crippen LogP contribution is 2.32. The van der Waals surface area contributed by atoms with Gasteiger partial charge in [0.1, 0.15) is 18.0 Å². The highest BCUT2D eigenvalue weighted by molar-refractivity contribution is 7.92. The molecule has 13 heteroatoms. The summed E-state index contributed by atoms with van der Waals surface area (Å²) >= 11 is 0. The summed E-state index contributed by atoms with van der Waals surface area (Å²) in [6, 6.07) is 16.8. The van der Waals surface area contributed by atoms with Crippen LogP contribution < -0.4 is 14.2 Å². The number of rotatable bonds is 11. The Bertz CT molecular complexity index is 1730. The zero-order valence-corrected chi connectivity index (χ0v) is 24.0. The quantitative estimate of drug-likeness (QED) is 0.264. The first-order valence-corrected chi connectivity index (χ1v) is 14.9. The van der Waals surface area contributed by atoms with E-state index in [1.165, 1.54) is 69.9 Å². The molecular formula is C27H29N3O8S2. The Morgan fingerprint density at radius 2 is 1.43 bits per heavy atom. The van der Waals surface area contributed by atoms with Gasteiger partial charge in [0.15, 0.2) is 0 Å². The van der Waals surface area contributed by atoms with Gasteiger partial charge in [-0.05, 0) is 66.2 Å². The summed E-state index contributed by atoms with van der Waals surface area (Å²) in [7, 11) is -2.29. The SMILES string of the molecule is COC(=O)CN(Cc1cn(C)c2cccc(NS(=O)(=O)c3ccc(OC)cc3)c12)S(=O)(=O)c1ccc(OC)cc1. The van der Waals surface area contributed by atoms with E-state index >= 15 is 0 Å². The number of nitrogens with one attached hydrogen (secondary N) is 1. The van der Waals surface area contributed by atoms with E-state index in [2.05, 4.69) is 4.72 Å². The van der Waals surface area contributed by atoms with Crippen molar-refractivity contribution in [2.24, 2.45) is 7.05 Å². The topological polar surface area (TPSA) is 133 Å². The second kappa shape index (κ2) is 11.6. The maximum Gasteiger partial charge on any atom is 0.321 e. The van der Waals surface area contributed by atoms with E-state index in [4.69, 9.17) is 14.2 Å². The number of fused-ring (bicyclic) bond motifs is 1. The van der Waals surface area contributed by atoms with Gasteiger partial charge >= 0.3 is 5.97 Å². The van der Waals surface area contributed by atoms with Crippen molar-refractivity contribution in [3.8, 4) is 11.5 Å². The van der Waals surface area contributed by atoms with E-state index in [0.717, 1.165) is 4.31 Å². The van der Waals surface area contributed by atoms with E-state index in [0.29, 0.717) is 28.0 Å². The largest absolute Gasteiger partial charge is 0.497 e. The van der Waals surface area contributed by atoms with Crippen molar-refractivity contribution < 1.29 is 35.8 Å². The van der Waals surface area contributed by atoms with Crippen LogP contribution >= 0.6 is 0 Å². The van der Waals surface area contributed by atoms with Crippen LogP contribution in [0.25, 0.3) is 10.9 Å². The maximum absolute atomic E-state index is 13.6. The number of anilines is 1. The fourth-order valence-corrected chi connectivity index (χ4v) is 6.66. The third-order valence-electron chi connectivity index (χ3n) is 6.28. The number of hydrogen-bond donors (Lipinski definition) is 1. The molecule has 0 aliphatic carbocycles. The molecule has 212 valence electrons. The summed E-state index contributed by atoms with van der Waals surface area (Å²) in [5, 5.41) is 0.488. The number of aryl methyl sites for hydroxylation is 1. The number of sulfonamides is 2. The monoisotopic (exact) mass is 587 g/mol.